The van der Waals surface area contributed by atoms with Crippen LogP contribution in [0.3, 0.4) is 0 Å². The van der Waals surface area contributed by atoms with Crippen LogP contribution >= 0.6 is 11.3 Å². The molecule has 3 heterocycles. The van der Waals surface area contributed by atoms with Gasteiger partial charge >= 0.3 is 0 Å². The fourth-order valence-corrected chi connectivity index (χ4v) is 4.58. The summed E-state index contributed by atoms with van der Waals surface area (Å²) in [6.07, 6.45) is 1.85. The number of ether oxygens (including phenoxy) is 1. The van der Waals surface area contributed by atoms with Gasteiger partial charge in [-0.2, -0.15) is 0 Å². The lowest BCUT2D eigenvalue weighted by atomic mass is 10.1. The van der Waals surface area contributed by atoms with Gasteiger partial charge < -0.3 is 14.2 Å². The number of benzene rings is 1. The summed E-state index contributed by atoms with van der Waals surface area (Å²) in [5.41, 5.74) is 2.58. The van der Waals surface area contributed by atoms with Crippen molar-refractivity contribution in [1.82, 2.24) is 15.0 Å². The quantitative estimate of drug-likeness (QED) is 0.619. The van der Waals surface area contributed by atoms with Crippen LogP contribution in [0.2, 0.25) is 0 Å². The maximum Gasteiger partial charge on any atom is 0.266 e. The summed E-state index contributed by atoms with van der Waals surface area (Å²) >= 11 is 1.44. The molecule has 1 amide bonds. The van der Waals surface area contributed by atoms with E-state index >= 15 is 0 Å². The van der Waals surface area contributed by atoms with Crippen LogP contribution in [0.5, 0.6) is 5.75 Å². The van der Waals surface area contributed by atoms with Crippen molar-refractivity contribution in [1.29, 1.82) is 0 Å². The predicted molar refractivity (Wildman–Crippen MR) is 108 cm³/mol. The van der Waals surface area contributed by atoms with Gasteiger partial charge in [0.25, 0.3) is 5.91 Å². The maximum atomic E-state index is 13.3. The van der Waals surface area contributed by atoms with Crippen LogP contribution in [0.15, 0.2) is 34.9 Å². The zero-order valence-electron chi connectivity index (χ0n) is 16.3. The van der Waals surface area contributed by atoms with E-state index in [1.807, 2.05) is 56.0 Å². The molecular weight excluding hydrogens is 374 g/mol. The van der Waals surface area contributed by atoms with Gasteiger partial charge in [-0.05, 0) is 57.9 Å². The molecule has 3 aromatic rings. The minimum atomic E-state index is -0.0517. The van der Waals surface area contributed by atoms with Gasteiger partial charge in [-0.1, -0.05) is 5.16 Å². The first-order chi connectivity index (χ1) is 13.6. The van der Waals surface area contributed by atoms with Gasteiger partial charge in [0, 0.05) is 18.2 Å². The molecule has 1 aliphatic rings. The van der Waals surface area contributed by atoms with E-state index in [-0.39, 0.29) is 11.9 Å². The number of nitrogens with zero attached hydrogens (tertiary/aromatic N) is 3. The molecular formula is C21H23N3O3S. The second-order valence-corrected chi connectivity index (χ2v) is 7.92. The lowest BCUT2D eigenvalue weighted by Gasteiger charge is -2.22. The average molecular weight is 398 g/mol. The number of carbonyl (C=O) groups is 1. The summed E-state index contributed by atoms with van der Waals surface area (Å²) in [5.74, 6) is 1.61. The third kappa shape index (κ3) is 3.54. The van der Waals surface area contributed by atoms with Crippen LogP contribution in [0.25, 0.3) is 10.6 Å². The van der Waals surface area contributed by atoms with E-state index in [9.17, 15) is 4.79 Å². The van der Waals surface area contributed by atoms with Gasteiger partial charge in [0.15, 0.2) is 5.76 Å². The summed E-state index contributed by atoms with van der Waals surface area (Å²) in [7, 11) is 0. The zero-order chi connectivity index (χ0) is 19.7. The number of aromatic nitrogens is 2. The van der Waals surface area contributed by atoms with E-state index in [1.165, 1.54) is 11.3 Å². The number of rotatable bonds is 5. The highest BCUT2D eigenvalue weighted by Gasteiger charge is 2.34. The highest BCUT2D eigenvalue weighted by atomic mass is 32.1. The van der Waals surface area contributed by atoms with Crippen molar-refractivity contribution in [2.24, 2.45) is 0 Å². The molecule has 6 nitrogen and oxygen atoms in total. The third-order valence-electron chi connectivity index (χ3n) is 4.89. The lowest BCUT2D eigenvalue weighted by Crippen LogP contribution is -2.30. The Morgan fingerprint density at radius 3 is 2.79 bits per heavy atom. The minimum Gasteiger partial charge on any atom is -0.494 e. The molecule has 0 N–H and O–H groups in total. The molecule has 28 heavy (non-hydrogen) atoms. The van der Waals surface area contributed by atoms with Crippen molar-refractivity contribution in [2.45, 2.75) is 39.7 Å². The summed E-state index contributed by atoms with van der Waals surface area (Å²) in [4.78, 5) is 20.5. The highest BCUT2D eigenvalue weighted by molar-refractivity contribution is 7.17. The van der Waals surface area contributed by atoms with Gasteiger partial charge in [-0.3, -0.25) is 4.79 Å². The molecule has 1 aliphatic heterocycles. The van der Waals surface area contributed by atoms with E-state index in [1.54, 1.807) is 0 Å². The van der Waals surface area contributed by atoms with Crippen molar-refractivity contribution in [3.05, 3.63) is 52.4 Å². The smallest absolute Gasteiger partial charge is 0.266 e. The Balaban J connectivity index is 1.58. The molecule has 2 aromatic heterocycles. The van der Waals surface area contributed by atoms with E-state index in [0.29, 0.717) is 11.5 Å². The third-order valence-corrected chi connectivity index (χ3v) is 6.09. The van der Waals surface area contributed by atoms with Crippen molar-refractivity contribution >= 4 is 17.2 Å². The SMILES string of the molecule is CCOc1ccc(-c2nc(C)c(C(=O)N3CCC[C@H]3c3cc(C)no3)s2)cc1. The number of hydrogen-bond donors (Lipinski definition) is 0. The summed E-state index contributed by atoms with van der Waals surface area (Å²) in [6.45, 7) is 7.10. The Hall–Kier alpha value is -2.67. The van der Waals surface area contributed by atoms with Crippen LogP contribution in [0.1, 0.15) is 52.6 Å². The van der Waals surface area contributed by atoms with Crippen molar-refractivity contribution < 1.29 is 14.1 Å². The number of aryl methyl sites for hydroxylation is 2. The van der Waals surface area contributed by atoms with Gasteiger partial charge in [-0.15, -0.1) is 11.3 Å². The number of hydrogen-bond acceptors (Lipinski definition) is 6. The largest absolute Gasteiger partial charge is 0.494 e. The zero-order valence-corrected chi connectivity index (χ0v) is 17.1. The van der Waals surface area contributed by atoms with E-state index in [2.05, 4.69) is 10.1 Å². The van der Waals surface area contributed by atoms with Crippen LogP contribution in [-0.4, -0.2) is 34.1 Å². The first kappa shape index (κ1) is 18.7. The fourth-order valence-electron chi connectivity index (χ4n) is 3.56. The Bertz CT molecular complexity index is 977. The predicted octanol–water partition coefficient (Wildman–Crippen LogP) is 4.79. The minimum absolute atomic E-state index is 0.0174. The molecule has 1 atom stereocenters. The van der Waals surface area contributed by atoms with E-state index < -0.39 is 0 Å². The lowest BCUT2D eigenvalue weighted by molar-refractivity contribution is 0.0718. The topological polar surface area (TPSA) is 68.5 Å². The molecule has 146 valence electrons. The second-order valence-electron chi connectivity index (χ2n) is 6.92. The molecule has 0 unspecified atom stereocenters. The van der Waals surface area contributed by atoms with Crippen LogP contribution < -0.4 is 4.74 Å². The molecule has 0 spiro atoms. The summed E-state index contributed by atoms with van der Waals surface area (Å²) in [6, 6.07) is 9.69. The first-order valence-electron chi connectivity index (χ1n) is 9.51. The van der Waals surface area contributed by atoms with Gasteiger partial charge in [0.2, 0.25) is 0 Å². The first-order valence-corrected chi connectivity index (χ1v) is 10.3. The molecule has 0 saturated carbocycles. The Labute approximate surface area is 168 Å². The van der Waals surface area contributed by atoms with Crippen molar-refractivity contribution in [3.63, 3.8) is 0 Å². The number of amides is 1. The van der Waals surface area contributed by atoms with Crippen LogP contribution in [-0.2, 0) is 0 Å². The number of carbonyl (C=O) groups excluding carboxylic acids is 1. The van der Waals surface area contributed by atoms with E-state index in [4.69, 9.17) is 9.26 Å². The fraction of sp³-hybridized carbons (Fsp3) is 0.381. The Morgan fingerprint density at radius 2 is 2.11 bits per heavy atom. The van der Waals surface area contributed by atoms with E-state index in [0.717, 1.165) is 52.9 Å². The van der Waals surface area contributed by atoms with Crippen molar-refractivity contribution in [3.8, 4) is 16.3 Å². The normalized spacial score (nSPS) is 16.5. The van der Waals surface area contributed by atoms with Gasteiger partial charge in [0.05, 0.1) is 24.0 Å². The Kier molecular flexibility index (Phi) is 5.17. The molecule has 1 aromatic carbocycles. The molecule has 1 saturated heterocycles. The van der Waals surface area contributed by atoms with Crippen LogP contribution in [0, 0.1) is 13.8 Å². The monoisotopic (exact) mass is 397 g/mol. The van der Waals surface area contributed by atoms with Gasteiger partial charge in [0.1, 0.15) is 15.6 Å². The molecule has 0 bridgehead atoms. The number of likely N-dealkylation sites (tertiary alicyclic amines) is 1. The molecule has 1 fully saturated rings. The second kappa shape index (κ2) is 7.75. The molecule has 7 heteroatoms. The standard InChI is InChI=1S/C21H23N3O3S/c1-4-26-16-9-7-15(8-10-16)20-22-14(3)19(28-20)21(25)24-11-5-6-17(24)18-12-13(2)23-27-18/h7-10,12,17H,4-6,11H2,1-3H3/t17-/m0/s1. The molecule has 4 rings (SSSR count). The van der Waals surface area contributed by atoms with Gasteiger partial charge in [-0.25, -0.2) is 4.98 Å². The summed E-state index contributed by atoms with van der Waals surface area (Å²) in [5, 5.41) is 4.82. The Morgan fingerprint density at radius 1 is 1.32 bits per heavy atom. The number of thiazole rings is 1. The average Bonchev–Trinajstić information content (AvgIpc) is 3.41. The molecule has 0 radical (unpaired) electrons. The highest BCUT2D eigenvalue weighted by Crippen LogP contribution is 2.36. The van der Waals surface area contributed by atoms with Crippen LogP contribution in [0.4, 0.5) is 0 Å². The van der Waals surface area contributed by atoms with Crippen molar-refractivity contribution in [2.75, 3.05) is 13.2 Å². The molecule has 0 aliphatic carbocycles. The maximum absolute atomic E-state index is 13.3. The summed E-state index contributed by atoms with van der Waals surface area (Å²) < 4.78 is 10.9.